The van der Waals surface area contributed by atoms with Gasteiger partial charge in [-0.15, -0.1) is 23.4 Å². The Morgan fingerprint density at radius 3 is 2.76 bits per heavy atom. The highest BCUT2D eigenvalue weighted by Crippen LogP contribution is 2.60. The Hall–Kier alpha value is -2.51. The van der Waals surface area contributed by atoms with Crippen molar-refractivity contribution in [2.75, 3.05) is 11.4 Å². The third-order valence-corrected chi connectivity index (χ3v) is 10.1. The summed E-state index contributed by atoms with van der Waals surface area (Å²) in [6.45, 7) is 2.78. The van der Waals surface area contributed by atoms with Crippen LogP contribution in [-0.4, -0.2) is 34.1 Å². The molecular weight excluding hydrogens is 472 g/mol. The number of anilines is 1. The van der Waals surface area contributed by atoms with Crippen LogP contribution in [0, 0.1) is 28.9 Å². The Morgan fingerprint density at radius 1 is 1.24 bits per heavy atom. The zero-order valence-corrected chi connectivity index (χ0v) is 20.2. The van der Waals surface area contributed by atoms with Crippen LogP contribution in [0.1, 0.15) is 41.4 Å². The molecule has 4 aliphatic rings. The summed E-state index contributed by atoms with van der Waals surface area (Å²) in [5.41, 5.74) is 4.56. The molecule has 1 saturated carbocycles. The number of allylic oxidation sites excluding steroid dienone is 2. The second-order valence-corrected chi connectivity index (χ2v) is 11.7. The van der Waals surface area contributed by atoms with Gasteiger partial charge in [-0.3, -0.25) is 10.1 Å². The number of aryl methyl sites for hydroxylation is 1. The standard InChI is InChI=1S/C26H25ClN2O4S/c1-13-9-16-15-6-4-5-14(15)12-28-24(16)17(10-13)22-18(25(28)26(30)31)11-21(23(22)27)34-20-8-3-2-7-19(20)29(32)33/h2-4,6-10,14-15,18,21-23,25H,5,11-12H2,1H3,(H,30,31)/p-1/t14-,15+,18+,21+,22-,23+,25-/m1/s1. The lowest BCUT2D eigenvalue weighted by Gasteiger charge is -2.51. The molecule has 6 rings (SSSR count). The number of carboxylic acid groups (broad SMARTS) is 1. The van der Waals surface area contributed by atoms with Crippen LogP contribution in [-0.2, 0) is 4.79 Å². The topological polar surface area (TPSA) is 86.5 Å². The molecule has 0 radical (unpaired) electrons. The van der Waals surface area contributed by atoms with E-state index in [2.05, 4.69) is 36.1 Å². The van der Waals surface area contributed by atoms with Crippen molar-refractivity contribution >= 4 is 40.7 Å². The van der Waals surface area contributed by atoms with Crippen LogP contribution < -0.4 is 10.0 Å². The van der Waals surface area contributed by atoms with Crippen molar-refractivity contribution in [3.05, 3.63) is 75.4 Å². The van der Waals surface area contributed by atoms with Crippen LogP contribution in [0.15, 0.2) is 53.4 Å². The molecule has 2 aliphatic carbocycles. The molecule has 0 saturated heterocycles. The fourth-order valence-electron chi connectivity index (χ4n) is 6.78. The molecule has 2 aliphatic heterocycles. The lowest BCUT2D eigenvalue weighted by molar-refractivity contribution is -0.387. The molecule has 176 valence electrons. The number of hydrogen-bond donors (Lipinski definition) is 0. The Balaban J connectivity index is 1.45. The molecule has 1 fully saturated rings. The molecule has 6 nitrogen and oxygen atoms in total. The fraction of sp³-hybridized carbons (Fsp3) is 0.423. The monoisotopic (exact) mass is 495 g/mol. The predicted octanol–water partition coefficient (Wildman–Crippen LogP) is 4.39. The molecule has 0 N–H and O–H groups in total. The van der Waals surface area contributed by atoms with Crippen LogP contribution in [0.25, 0.3) is 0 Å². The van der Waals surface area contributed by atoms with Crippen LogP contribution in [0.4, 0.5) is 11.4 Å². The molecule has 0 amide bonds. The van der Waals surface area contributed by atoms with Gasteiger partial charge in [0.05, 0.1) is 27.2 Å². The maximum absolute atomic E-state index is 12.6. The highest BCUT2D eigenvalue weighted by atomic mass is 35.5. The largest absolute Gasteiger partial charge is 0.548 e. The maximum atomic E-state index is 12.6. The van der Waals surface area contributed by atoms with Crippen molar-refractivity contribution in [3.8, 4) is 0 Å². The molecule has 8 heteroatoms. The maximum Gasteiger partial charge on any atom is 0.282 e. The molecular formula is C26H24ClN2O4S-. The van der Waals surface area contributed by atoms with E-state index in [1.165, 1.54) is 23.4 Å². The lowest BCUT2D eigenvalue weighted by atomic mass is 9.71. The summed E-state index contributed by atoms with van der Waals surface area (Å²) in [5.74, 6) is -0.739. The van der Waals surface area contributed by atoms with E-state index in [-0.39, 0.29) is 33.1 Å². The van der Waals surface area contributed by atoms with Gasteiger partial charge in [0.15, 0.2) is 0 Å². The van der Waals surface area contributed by atoms with Gasteiger partial charge in [0, 0.05) is 35.4 Å². The van der Waals surface area contributed by atoms with Gasteiger partial charge >= 0.3 is 0 Å². The first kappa shape index (κ1) is 22.0. The molecule has 0 unspecified atom stereocenters. The molecule has 2 aromatic carbocycles. The Bertz CT molecular complexity index is 1230. The third kappa shape index (κ3) is 3.20. The number of carbonyl (C=O) groups is 1. The number of halogens is 1. The number of alkyl halides is 1. The highest BCUT2D eigenvalue weighted by molar-refractivity contribution is 8.00. The van der Waals surface area contributed by atoms with Gasteiger partial charge < -0.3 is 14.8 Å². The van der Waals surface area contributed by atoms with E-state index in [0.29, 0.717) is 29.7 Å². The summed E-state index contributed by atoms with van der Waals surface area (Å²) in [6, 6.07) is 10.3. The average Bonchev–Trinajstić information content (AvgIpc) is 3.38. The molecule has 0 aromatic heterocycles. The summed E-state index contributed by atoms with van der Waals surface area (Å²) >= 11 is 8.52. The normalized spacial score (nSPS) is 32.8. The fourth-order valence-corrected chi connectivity index (χ4v) is 8.72. The number of rotatable bonds is 4. The van der Waals surface area contributed by atoms with Gasteiger partial charge in [0.2, 0.25) is 0 Å². The summed E-state index contributed by atoms with van der Waals surface area (Å²) in [5, 5.41) is 23.6. The Labute approximate surface area is 207 Å². The van der Waals surface area contributed by atoms with E-state index in [0.717, 1.165) is 23.2 Å². The van der Waals surface area contributed by atoms with E-state index in [1.54, 1.807) is 18.2 Å². The minimum atomic E-state index is -1.06. The molecule has 2 heterocycles. The molecule has 0 bridgehead atoms. The van der Waals surface area contributed by atoms with Crippen molar-refractivity contribution in [1.82, 2.24) is 0 Å². The van der Waals surface area contributed by atoms with E-state index < -0.39 is 12.0 Å². The van der Waals surface area contributed by atoms with E-state index >= 15 is 0 Å². The second kappa shape index (κ2) is 8.02. The quantitative estimate of drug-likeness (QED) is 0.270. The minimum absolute atomic E-state index is 0.0559. The number of carbonyl (C=O) groups excluding carboxylic acids is 1. The first-order chi connectivity index (χ1) is 16.3. The summed E-state index contributed by atoms with van der Waals surface area (Å²) < 4.78 is 0. The van der Waals surface area contributed by atoms with Gasteiger partial charge in [-0.1, -0.05) is 42.0 Å². The lowest BCUT2D eigenvalue weighted by Crippen LogP contribution is -2.58. The number of para-hydroxylation sites is 1. The predicted molar refractivity (Wildman–Crippen MR) is 131 cm³/mol. The average molecular weight is 496 g/mol. The van der Waals surface area contributed by atoms with Gasteiger partial charge in [0.25, 0.3) is 5.69 Å². The number of nitro groups is 1. The molecule has 0 spiro atoms. The summed E-state index contributed by atoms with van der Waals surface area (Å²) in [7, 11) is 0. The van der Waals surface area contributed by atoms with Crippen molar-refractivity contribution < 1.29 is 14.8 Å². The van der Waals surface area contributed by atoms with Crippen molar-refractivity contribution in [2.24, 2.45) is 11.8 Å². The van der Waals surface area contributed by atoms with Crippen LogP contribution in [0.2, 0.25) is 0 Å². The summed E-state index contributed by atoms with van der Waals surface area (Å²) in [4.78, 5) is 26.4. The van der Waals surface area contributed by atoms with Crippen molar-refractivity contribution in [1.29, 1.82) is 0 Å². The molecule has 2 aromatic rings. The van der Waals surface area contributed by atoms with Gasteiger partial charge in [-0.2, -0.15) is 0 Å². The minimum Gasteiger partial charge on any atom is -0.548 e. The van der Waals surface area contributed by atoms with Crippen LogP contribution in [0.3, 0.4) is 0 Å². The van der Waals surface area contributed by atoms with E-state index in [4.69, 9.17) is 11.6 Å². The first-order valence-electron chi connectivity index (χ1n) is 11.7. The number of nitro benzene ring substituents is 1. The number of hydrogen-bond acceptors (Lipinski definition) is 6. The number of carboxylic acids is 1. The van der Waals surface area contributed by atoms with E-state index in [9.17, 15) is 20.0 Å². The van der Waals surface area contributed by atoms with Crippen molar-refractivity contribution in [3.63, 3.8) is 0 Å². The Kier molecular flexibility index (Phi) is 5.19. The number of fused-ring (bicyclic) bond motifs is 4. The summed E-state index contributed by atoms with van der Waals surface area (Å²) in [6.07, 6.45) is 5.99. The first-order valence-corrected chi connectivity index (χ1v) is 13.0. The number of aliphatic carboxylic acids is 1. The van der Waals surface area contributed by atoms with Gasteiger partial charge in [0.1, 0.15) is 0 Å². The zero-order chi connectivity index (χ0) is 23.7. The van der Waals surface area contributed by atoms with Gasteiger partial charge in [-0.05, 0) is 48.8 Å². The van der Waals surface area contributed by atoms with Crippen molar-refractivity contribution in [2.45, 2.75) is 53.2 Å². The SMILES string of the molecule is Cc1cc2c3c(c1)[C@H]1C=CC[C@@H]1CN3[C@@H](C(=O)[O-])[C@H]1C[C@H](Sc3ccccc3[N+](=O)[O-])[C@H](Cl)[C@H]21. The number of benzene rings is 2. The second-order valence-electron chi connectivity index (χ2n) is 9.91. The molecule has 34 heavy (non-hydrogen) atoms. The highest BCUT2D eigenvalue weighted by Gasteiger charge is 2.55. The third-order valence-electron chi connectivity index (χ3n) is 8.03. The van der Waals surface area contributed by atoms with E-state index in [1.807, 2.05) is 0 Å². The number of nitrogens with zero attached hydrogens (tertiary/aromatic N) is 2. The zero-order valence-electron chi connectivity index (χ0n) is 18.6. The van der Waals surface area contributed by atoms with Crippen LogP contribution in [0.5, 0.6) is 0 Å². The van der Waals surface area contributed by atoms with Gasteiger partial charge in [-0.25, -0.2) is 0 Å². The smallest absolute Gasteiger partial charge is 0.282 e. The number of thioether (sulfide) groups is 1. The van der Waals surface area contributed by atoms with Crippen LogP contribution >= 0.6 is 23.4 Å². The Morgan fingerprint density at radius 2 is 2.00 bits per heavy atom. The molecule has 7 atom stereocenters.